The minimum Gasteiger partial charge on any atom is -0.291 e. The monoisotopic (exact) mass is 568 g/mol. The molecule has 0 amide bonds. The Kier molecular flexibility index (Phi) is 6.19. The van der Waals surface area contributed by atoms with Crippen LogP contribution in [-0.4, -0.2) is 46.4 Å². The fourth-order valence-electron chi connectivity index (χ4n) is 5.40. The standard InChI is InChI=1S/C28H20F4N4O3S/c29-19-4-6-20(7-5-19)36-23-13-18-10-12-35(40(38,39)24-9-8-21(30)25(31)26(24)32)16-28(18,14-17(23)15-34-36)27(37)22-3-1-2-11-33-22/h1-9,11,13,15H,10,12,14,16H2. The van der Waals surface area contributed by atoms with Crippen LogP contribution in [0.25, 0.3) is 11.8 Å². The first-order valence-electron chi connectivity index (χ1n) is 12.3. The average Bonchev–Trinajstić information content (AvgIpc) is 3.36. The second kappa shape index (κ2) is 9.49. The van der Waals surface area contributed by atoms with Crippen molar-refractivity contribution in [1.82, 2.24) is 19.1 Å². The molecular weight excluding hydrogens is 548 g/mol. The molecule has 4 aromatic rings. The van der Waals surface area contributed by atoms with Gasteiger partial charge in [0.2, 0.25) is 10.0 Å². The molecule has 3 heterocycles. The molecule has 0 N–H and O–H groups in total. The molecule has 2 aromatic heterocycles. The Bertz CT molecular complexity index is 1790. The lowest BCUT2D eigenvalue weighted by Gasteiger charge is -2.44. The molecule has 1 aliphatic carbocycles. The smallest absolute Gasteiger partial charge is 0.246 e. The third kappa shape index (κ3) is 4.06. The predicted molar refractivity (Wildman–Crippen MR) is 136 cm³/mol. The van der Waals surface area contributed by atoms with E-state index in [1.54, 1.807) is 41.2 Å². The van der Waals surface area contributed by atoms with Crippen LogP contribution < -0.4 is 0 Å². The van der Waals surface area contributed by atoms with Gasteiger partial charge in [-0.05, 0) is 73.0 Å². The zero-order valence-electron chi connectivity index (χ0n) is 20.7. The van der Waals surface area contributed by atoms with Gasteiger partial charge in [-0.25, -0.2) is 30.7 Å². The fraction of sp³-hybridized carbons (Fsp3) is 0.179. The van der Waals surface area contributed by atoms with Gasteiger partial charge < -0.3 is 0 Å². The van der Waals surface area contributed by atoms with Gasteiger partial charge in [-0.1, -0.05) is 11.6 Å². The first-order valence-corrected chi connectivity index (χ1v) is 13.7. The molecule has 1 aliphatic heterocycles. The van der Waals surface area contributed by atoms with Crippen LogP contribution in [0.15, 0.2) is 77.5 Å². The number of halogens is 4. The Labute approximate surface area is 226 Å². The predicted octanol–water partition coefficient (Wildman–Crippen LogP) is 4.73. The summed E-state index contributed by atoms with van der Waals surface area (Å²) in [5.41, 5.74) is 1.21. The molecule has 204 valence electrons. The van der Waals surface area contributed by atoms with E-state index >= 15 is 0 Å². The molecule has 0 spiro atoms. The lowest BCUT2D eigenvalue weighted by atomic mass is 9.65. The molecule has 0 bridgehead atoms. The molecule has 2 aromatic carbocycles. The van der Waals surface area contributed by atoms with Crippen LogP contribution in [0.1, 0.15) is 28.2 Å². The number of fused-ring (bicyclic) bond motifs is 2. The molecular formula is C28H20F4N4O3S. The number of carbonyl (C=O) groups excluding carboxylic acids is 1. The van der Waals surface area contributed by atoms with Gasteiger partial charge >= 0.3 is 0 Å². The quantitative estimate of drug-likeness (QED) is 0.198. The summed E-state index contributed by atoms with van der Waals surface area (Å²) in [5, 5.41) is 4.43. The molecule has 0 radical (unpaired) electrons. The van der Waals surface area contributed by atoms with Crippen molar-refractivity contribution in [3.05, 3.63) is 113 Å². The highest BCUT2D eigenvalue weighted by Gasteiger charge is 2.51. The summed E-state index contributed by atoms with van der Waals surface area (Å²) in [4.78, 5) is 17.2. The van der Waals surface area contributed by atoms with Crippen molar-refractivity contribution < 1.29 is 30.8 Å². The van der Waals surface area contributed by atoms with Crippen molar-refractivity contribution in [2.24, 2.45) is 5.41 Å². The number of rotatable bonds is 5. The van der Waals surface area contributed by atoms with E-state index in [1.165, 1.54) is 24.4 Å². The number of benzene rings is 2. The van der Waals surface area contributed by atoms with Crippen LogP contribution in [0.2, 0.25) is 0 Å². The van der Waals surface area contributed by atoms with E-state index < -0.39 is 49.4 Å². The van der Waals surface area contributed by atoms with Crippen LogP contribution in [-0.2, 0) is 16.4 Å². The normalized spacial score (nSPS) is 19.1. The minimum atomic E-state index is -4.66. The number of carbonyl (C=O) groups is 1. The molecule has 0 saturated carbocycles. The Morgan fingerprint density at radius 3 is 2.45 bits per heavy atom. The minimum absolute atomic E-state index is 0.0526. The van der Waals surface area contributed by atoms with Crippen LogP contribution in [0.3, 0.4) is 0 Å². The maximum Gasteiger partial charge on any atom is 0.246 e. The molecule has 2 aliphatic rings. The van der Waals surface area contributed by atoms with E-state index in [4.69, 9.17) is 0 Å². The molecule has 1 saturated heterocycles. The van der Waals surface area contributed by atoms with E-state index in [0.717, 1.165) is 4.31 Å². The van der Waals surface area contributed by atoms with Crippen molar-refractivity contribution in [3.8, 4) is 5.69 Å². The van der Waals surface area contributed by atoms with Crippen molar-refractivity contribution >= 4 is 21.9 Å². The summed E-state index contributed by atoms with van der Waals surface area (Å²) in [7, 11) is -4.66. The topological polar surface area (TPSA) is 85.2 Å². The largest absolute Gasteiger partial charge is 0.291 e. The second-order valence-corrected chi connectivity index (χ2v) is 11.6. The van der Waals surface area contributed by atoms with E-state index in [-0.39, 0.29) is 31.6 Å². The summed E-state index contributed by atoms with van der Waals surface area (Å²) < 4.78 is 85.2. The molecule has 12 heteroatoms. The summed E-state index contributed by atoms with van der Waals surface area (Å²) >= 11 is 0. The SMILES string of the molecule is O=C(c1ccccn1)C12Cc3cnn(-c4ccc(F)cc4)c3C=C1CCN(S(=O)(=O)c1ccc(F)c(F)c1F)C2. The van der Waals surface area contributed by atoms with Crippen molar-refractivity contribution in [2.45, 2.75) is 17.7 Å². The van der Waals surface area contributed by atoms with Crippen LogP contribution in [0.4, 0.5) is 17.6 Å². The zero-order valence-corrected chi connectivity index (χ0v) is 21.5. The number of piperidine rings is 1. The number of pyridine rings is 1. The second-order valence-electron chi connectivity index (χ2n) is 9.68. The summed E-state index contributed by atoms with van der Waals surface area (Å²) in [6.07, 6.45) is 4.93. The van der Waals surface area contributed by atoms with E-state index in [9.17, 15) is 30.8 Å². The molecule has 1 atom stereocenters. The van der Waals surface area contributed by atoms with E-state index in [0.29, 0.717) is 34.7 Å². The van der Waals surface area contributed by atoms with Crippen LogP contribution in [0.5, 0.6) is 0 Å². The van der Waals surface area contributed by atoms with Gasteiger partial charge in [0.1, 0.15) is 16.4 Å². The highest BCUT2D eigenvalue weighted by atomic mass is 32.2. The number of Topliss-reactive ketones (excluding diaryl/α,β-unsaturated/α-hetero) is 1. The van der Waals surface area contributed by atoms with Gasteiger partial charge in [0.25, 0.3) is 0 Å². The van der Waals surface area contributed by atoms with Gasteiger partial charge in [0.15, 0.2) is 23.2 Å². The number of hydrogen-bond acceptors (Lipinski definition) is 5. The third-order valence-electron chi connectivity index (χ3n) is 7.40. The van der Waals surface area contributed by atoms with Gasteiger partial charge in [-0.15, -0.1) is 0 Å². The van der Waals surface area contributed by atoms with Crippen LogP contribution >= 0.6 is 0 Å². The van der Waals surface area contributed by atoms with E-state index in [1.807, 2.05) is 0 Å². The Morgan fingerprint density at radius 1 is 0.950 bits per heavy atom. The van der Waals surface area contributed by atoms with Gasteiger partial charge in [-0.2, -0.15) is 9.40 Å². The highest BCUT2D eigenvalue weighted by Crippen LogP contribution is 2.47. The lowest BCUT2D eigenvalue weighted by molar-refractivity contribution is 0.0770. The molecule has 1 unspecified atom stereocenters. The van der Waals surface area contributed by atoms with Crippen LogP contribution in [0, 0.1) is 28.7 Å². The summed E-state index contributed by atoms with van der Waals surface area (Å²) in [6, 6.07) is 11.7. The van der Waals surface area contributed by atoms with E-state index in [2.05, 4.69) is 10.1 Å². The fourth-order valence-corrected chi connectivity index (χ4v) is 6.95. The molecule has 7 nitrogen and oxygen atoms in total. The maximum atomic E-state index is 14.6. The molecule has 40 heavy (non-hydrogen) atoms. The number of hydrogen-bond donors (Lipinski definition) is 0. The molecule has 6 rings (SSSR count). The van der Waals surface area contributed by atoms with Gasteiger partial charge in [-0.3, -0.25) is 9.78 Å². The maximum absolute atomic E-state index is 14.6. The number of nitrogens with zero attached hydrogens (tertiary/aromatic N) is 4. The Hall–Kier alpha value is -4.16. The van der Waals surface area contributed by atoms with Gasteiger partial charge in [0, 0.05) is 19.3 Å². The third-order valence-corrected chi connectivity index (χ3v) is 9.26. The highest BCUT2D eigenvalue weighted by molar-refractivity contribution is 7.89. The van der Waals surface area contributed by atoms with Crippen molar-refractivity contribution in [2.75, 3.05) is 13.1 Å². The Balaban J connectivity index is 1.46. The Morgan fingerprint density at radius 2 is 1.73 bits per heavy atom. The lowest BCUT2D eigenvalue weighted by Crippen LogP contribution is -2.53. The first kappa shape index (κ1) is 26.1. The number of aromatic nitrogens is 3. The van der Waals surface area contributed by atoms with Crippen molar-refractivity contribution in [1.29, 1.82) is 0 Å². The van der Waals surface area contributed by atoms with Crippen molar-refractivity contribution in [3.63, 3.8) is 0 Å². The van der Waals surface area contributed by atoms with Gasteiger partial charge in [0.05, 0.1) is 23.0 Å². The molecule has 1 fully saturated rings. The summed E-state index contributed by atoms with van der Waals surface area (Å²) in [5.74, 6) is -6.08. The first-order chi connectivity index (χ1) is 19.1. The average molecular weight is 569 g/mol. The number of sulfonamides is 1. The number of ketones is 1. The summed E-state index contributed by atoms with van der Waals surface area (Å²) in [6.45, 7) is -0.514. The zero-order chi connectivity index (χ0) is 28.2.